The Hall–Kier alpha value is -1.69. The molecule has 94 valence electrons. The van der Waals surface area contributed by atoms with Crippen LogP contribution in [0.2, 0.25) is 0 Å². The summed E-state index contributed by atoms with van der Waals surface area (Å²) in [7, 11) is 0. The van der Waals surface area contributed by atoms with Gasteiger partial charge in [-0.25, -0.2) is 14.6 Å². The number of nitrogens with two attached hydrogens (primary N) is 1. The molecule has 6 heteroatoms. The summed E-state index contributed by atoms with van der Waals surface area (Å²) in [6.07, 6.45) is 0. The van der Waals surface area contributed by atoms with Crippen LogP contribution >= 0.6 is 0 Å². The highest BCUT2D eigenvalue weighted by molar-refractivity contribution is 5.93. The van der Waals surface area contributed by atoms with Gasteiger partial charge >= 0.3 is 0 Å². The van der Waals surface area contributed by atoms with Crippen LogP contribution in [0, 0.1) is 17.6 Å². The smallest absolute Gasteiger partial charge is 0.210 e. The minimum Gasteiger partial charge on any atom is -0.320 e. The van der Waals surface area contributed by atoms with Crippen molar-refractivity contribution >= 4 is 11.6 Å². The fourth-order valence-electron chi connectivity index (χ4n) is 1.13. The lowest BCUT2D eigenvalue weighted by atomic mass is 10.2. The molecular weight excluding hydrogens is 226 g/mol. The molecule has 0 amide bonds. The zero-order valence-corrected chi connectivity index (χ0v) is 9.80. The summed E-state index contributed by atoms with van der Waals surface area (Å²) in [5.74, 6) is 4.28. The van der Waals surface area contributed by atoms with E-state index >= 15 is 0 Å². The Labute approximate surface area is 98.9 Å². The average molecular weight is 242 g/mol. The second kappa shape index (κ2) is 6.15. The maximum Gasteiger partial charge on any atom is 0.210 e. The number of benzene rings is 1. The van der Waals surface area contributed by atoms with E-state index < -0.39 is 11.6 Å². The average Bonchev–Trinajstić information content (AvgIpc) is 2.27. The predicted molar refractivity (Wildman–Crippen MR) is 64.4 cm³/mol. The number of guanidine groups is 1. The van der Waals surface area contributed by atoms with Crippen LogP contribution < -0.4 is 16.6 Å². The molecule has 0 aliphatic carbocycles. The molecule has 1 rings (SSSR count). The van der Waals surface area contributed by atoms with Crippen LogP contribution in [-0.2, 0) is 0 Å². The van der Waals surface area contributed by atoms with E-state index in [0.29, 0.717) is 12.5 Å². The fraction of sp³-hybridized carbons (Fsp3) is 0.364. The van der Waals surface area contributed by atoms with E-state index in [1.807, 2.05) is 13.8 Å². The van der Waals surface area contributed by atoms with Gasteiger partial charge in [-0.1, -0.05) is 19.9 Å². The van der Waals surface area contributed by atoms with Crippen LogP contribution in [0.4, 0.5) is 14.5 Å². The zero-order chi connectivity index (χ0) is 12.8. The van der Waals surface area contributed by atoms with Gasteiger partial charge in [-0.15, -0.1) is 0 Å². The molecule has 1 aromatic carbocycles. The van der Waals surface area contributed by atoms with Crippen LogP contribution in [0.1, 0.15) is 13.8 Å². The van der Waals surface area contributed by atoms with Gasteiger partial charge in [-0.05, 0) is 18.1 Å². The van der Waals surface area contributed by atoms with Crippen LogP contribution in [0.25, 0.3) is 0 Å². The van der Waals surface area contributed by atoms with Crippen molar-refractivity contribution in [1.82, 2.24) is 5.43 Å². The second-order valence-corrected chi connectivity index (χ2v) is 3.95. The lowest BCUT2D eigenvalue weighted by Crippen LogP contribution is -2.37. The van der Waals surface area contributed by atoms with Gasteiger partial charge < -0.3 is 5.32 Å². The van der Waals surface area contributed by atoms with Gasteiger partial charge in [0.25, 0.3) is 0 Å². The van der Waals surface area contributed by atoms with Crippen molar-refractivity contribution in [2.75, 3.05) is 11.9 Å². The van der Waals surface area contributed by atoms with E-state index in [1.54, 1.807) is 0 Å². The lowest BCUT2D eigenvalue weighted by Gasteiger charge is -2.11. The SMILES string of the molecule is CC(C)CN=C(NN)Nc1c(F)cccc1F. The summed E-state index contributed by atoms with van der Waals surface area (Å²) >= 11 is 0. The number of hydrazine groups is 1. The molecule has 0 atom stereocenters. The molecule has 0 aliphatic heterocycles. The Morgan fingerprint density at radius 1 is 1.35 bits per heavy atom. The summed E-state index contributed by atoms with van der Waals surface area (Å²) in [6.45, 7) is 4.45. The third-order valence-electron chi connectivity index (χ3n) is 1.96. The van der Waals surface area contributed by atoms with Crippen molar-refractivity contribution < 1.29 is 8.78 Å². The van der Waals surface area contributed by atoms with Crippen molar-refractivity contribution in [2.24, 2.45) is 16.8 Å². The fourth-order valence-corrected chi connectivity index (χ4v) is 1.13. The lowest BCUT2D eigenvalue weighted by molar-refractivity contribution is 0.590. The first-order chi connectivity index (χ1) is 8.04. The molecule has 0 radical (unpaired) electrons. The molecule has 0 aliphatic rings. The van der Waals surface area contributed by atoms with Gasteiger partial charge in [0.2, 0.25) is 5.96 Å². The quantitative estimate of drug-likeness (QED) is 0.328. The van der Waals surface area contributed by atoms with Crippen LogP contribution in [-0.4, -0.2) is 12.5 Å². The molecule has 4 nitrogen and oxygen atoms in total. The number of nitrogens with one attached hydrogen (secondary N) is 2. The third-order valence-corrected chi connectivity index (χ3v) is 1.96. The molecule has 0 spiro atoms. The number of para-hydroxylation sites is 1. The third kappa shape index (κ3) is 3.99. The highest BCUT2D eigenvalue weighted by Gasteiger charge is 2.09. The molecule has 0 heterocycles. The highest BCUT2D eigenvalue weighted by Crippen LogP contribution is 2.17. The number of hydrogen-bond acceptors (Lipinski definition) is 2. The standard InChI is InChI=1S/C11H16F2N4/c1-7(2)6-15-11(17-14)16-10-8(12)4-3-5-9(10)13/h3-5,7H,6,14H2,1-2H3,(H2,15,16,17). The molecule has 0 aromatic heterocycles. The summed E-state index contributed by atoms with van der Waals surface area (Å²) in [4.78, 5) is 4.06. The Balaban J connectivity index is 2.84. The van der Waals surface area contributed by atoms with Crippen molar-refractivity contribution in [3.05, 3.63) is 29.8 Å². The highest BCUT2D eigenvalue weighted by atomic mass is 19.1. The number of halogens is 2. The van der Waals surface area contributed by atoms with Crippen LogP contribution in [0.5, 0.6) is 0 Å². The Kier molecular flexibility index (Phi) is 4.84. The Bertz CT molecular complexity index is 384. The van der Waals surface area contributed by atoms with Crippen LogP contribution in [0.15, 0.2) is 23.2 Å². The minimum atomic E-state index is -0.697. The summed E-state index contributed by atoms with van der Waals surface area (Å²) in [5, 5.41) is 2.48. The monoisotopic (exact) mass is 242 g/mol. The van der Waals surface area contributed by atoms with E-state index in [4.69, 9.17) is 5.84 Å². The summed E-state index contributed by atoms with van der Waals surface area (Å²) < 4.78 is 26.6. The molecule has 0 fully saturated rings. The molecule has 0 unspecified atom stereocenters. The van der Waals surface area contributed by atoms with Gasteiger partial charge in [0, 0.05) is 6.54 Å². The van der Waals surface area contributed by atoms with E-state index in [9.17, 15) is 8.78 Å². The second-order valence-electron chi connectivity index (χ2n) is 3.95. The number of hydrogen-bond donors (Lipinski definition) is 3. The van der Waals surface area contributed by atoms with Gasteiger partial charge in [0.1, 0.15) is 17.3 Å². The van der Waals surface area contributed by atoms with Gasteiger partial charge in [0.15, 0.2) is 0 Å². The Morgan fingerprint density at radius 2 is 1.94 bits per heavy atom. The van der Waals surface area contributed by atoms with Crippen molar-refractivity contribution in [3.8, 4) is 0 Å². The molecule has 1 aromatic rings. The van der Waals surface area contributed by atoms with E-state index in [-0.39, 0.29) is 11.6 Å². The summed E-state index contributed by atoms with van der Waals surface area (Å²) in [6, 6.07) is 3.60. The van der Waals surface area contributed by atoms with E-state index in [0.717, 1.165) is 12.1 Å². The largest absolute Gasteiger partial charge is 0.320 e. The van der Waals surface area contributed by atoms with Crippen molar-refractivity contribution in [3.63, 3.8) is 0 Å². The topological polar surface area (TPSA) is 62.4 Å². The van der Waals surface area contributed by atoms with Gasteiger partial charge in [-0.3, -0.25) is 10.4 Å². The number of rotatable bonds is 3. The molecule has 0 saturated heterocycles. The molecule has 17 heavy (non-hydrogen) atoms. The van der Waals surface area contributed by atoms with Crippen LogP contribution in [0.3, 0.4) is 0 Å². The first-order valence-electron chi connectivity index (χ1n) is 5.26. The maximum atomic E-state index is 13.3. The predicted octanol–water partition coefficient (Wildman–Crippen LogP) is 1.85. The number of nitrogens with zero attached hydrogens (tertiary/aromatic N) is 1. The molecule has 0 bridgehead atoms. The van der Waals surface area contributed by atoms with E-state index in [2.05, 4.69) is 15.7 Å². The maximum absolute atomic E-state index is 13.3. The number of aliphatic imine (C=N–C) groups is 1. The normalized spacial score (nSPS) is 11.8. The minimum absolute atomic E-state index is 0.128. The first kappa shape index (κ1) is 13.4. The number of anilines is 1. The summed E-state index contributed by atoms with van der Waals surface area (Å²) in [5.41, 5.74) is 2.00. The Morgan fingerprint density at radius 3 is 2.41 bits per heavy atom. The first-order valence-corrected chi connectivity index (χ1v) is 5.26. The van der Waals surface area contributed by atoms with Crippen molar-refractivity contribution in [2.45, 2.75) is 13.8 Å². The van der Waals surface area contributed by atoms with Gasteiger partial charge in [0.05, 0.1) is 0 Å². The van der Waals surface area contributed by atoms with Crippen molar-refractivity contribution in [1.29, 1.82) is 0 Å². The zero-order valence-electron chi connectivity index (χ0n) is 9.80. The van der Waals surface area contributed by atoms with Gasteiger partial charge in [-0.2, -0.15) is 0 Å². The molecule has 4 N–H and O–H groups in total. The van der Waals surface area contributed by atoms with E-state index in [1.165, 1.54) is 6.07 Å². The molecular formula is C11H16F2N4. The molecule has 0 saturated carbocycles.